The molecule has 106 valence electrons. The van der Waals surface area contributed by atoms with E-state index in [0.29, 0.717) is 5.75 Å². The van der Waals surface area contributed by atoms with E-state index in [4.69, 9.17) is 14.6 Å². The first-order valence-electron chi connectivity index (χ1n) is 5.41. The summed E-state index contributed by atoms with van der Waals surface area (Å²) in [5.74, 6) is -0.626. The molecule has 0 fully saturated rings. The highest BCUT2D eigenvalue weighted by molar-refractivity contribution is 5.88. The van der Waals surface area contributed by atoms with Crippen molar-refractivity contribution >= 4 is 5.97 Å². The van der Waals surface area contributed by atoms with Gasteiger partial charge in [-0.25, -0.2) is 4.79 Å². The number of alkyl halides is 2. The molecule has 5 nitrogen and oxygen atoms in total. The number of ether oxygens (including phenoxy) is 3. The van der Waals surface area contributed by atoms with Crippen LogP contribution in [0, 0.1) is 0 Å². The largest absolute Gasteiger partial charge is 0.497 e. The Morgan fingerprint density at radius 3 is 2.47 bits per heavy atom. The maximum absolute atomic E-state index is 11.8. The van der Waals surface area contributed by atoms with Crippen LogP contribution in [0.15, 0.2) is 18.2 Å². The predicted molar refractivity (Wildman–Crippen MR) is 62.0 cm³/mol. The van der Waals surface area contributed by atoms with Crippen LogP contribution in [0.25, 0.3) is 0 Å². The van der Waals surface area contributed by atoms with Crippen molar-refractivity contribution in [1.29, 1.82) is 0 Å². The minimum absolute atomic E-state index is 0.0173. The van der Waals surface area contributed by atoms with Gasteiger partial charge in [0.1, 0.15) is 17.6 Å². The second-order valence-corrected chi connectivity index (χ2v) is 3.72. The maximum Gasteiger partial charge on any atom is 0.345 e. The third-order valence-corrected chi connectivity index (χ3v) is 2.16. The van der Waals surface area contributed by atoms with Gasteiger partial charge in [0.2, 0.25) is 0 Å². The minimum atomic E-state index is -2.87. The lowest BCUT2D eigenvalue weighted by Gasteiger charge is -2.15. The van der Waals surface area contributed by atoms with Gasteiger partial charge in [0.05, 0.1) is 19.3 Å². The first-order chi connectivity index (χ1) is 8.92. The van der Waals surface area contributed by atoms with Gasteiger partial charge in [-0.1, -0.05) is 0 Å². The summed E-state index contributed by atoms with van der Waals surface area (Å²) in [6.07, 6.45) is -0.650. The molecule has 0 saturated heterocycles. The molecule has 0 amide bonds. The number of halogens is 2. The Morgan fingerprint density at radius 1 is 1.32 bits per heavy atom. The molecule has 0 spiro atoms. The number of carbonyl (C=O) groups is 1. The number of aromatic carboxylic acids is 1. The van der Waals surface area contributed by atoms with Crippen LogP contribution in [0.5, 0.6) is 11.5 Å². The summed E-state index contributed by atoms with van der Waals surface area (Å²) < 4.78 is 38.0. The topological polar surface area (TPSA) is 65.0 Å². The summed E-state index contributed by atoms with van der Waals surface area (Å²) in [5, 5.41) is 8.90. The van der Waals surface area contributed by atoms with Gasteiger partial charge in [-0.15, -0.1) is 0 Å². The summed E-state index contributed by atoms with van der Waals surface area (Å²) in [6, 6.07) is 4.07. The molecule has 1 rings (SSSR count). The molecule has 1 N–H and O–H groups in total. The van der Waals surface area contributed by atoms with E-state index < -0.39 is 18.7 Å². The summed E-state index contributed by atoms with van der Waals surface area (Å²) >= 11 is 0. The van der Waals surface area contributed by atoms with E-state index in [2.05, 4.69) is 4.74 Å². The number of carboxylic acid groups (broad SMARTS) is 1. The number of benzene rings is 1. The highest BCUT2D eigenvalue weighted by Gasteiger charge is 2.12. The molecule has 1 aromatic carbocycles. The van der Waals surface area contributed by atoms with Crippen LogP contribution in [0.3, 0.4) is 0 Å². The lowest BCUT2D eigenvalue weighted by Crippen LogP contribution is -2.21. The van der Waals surface area contributed by atoms with E-state index in [1.165, 1.54) is 32.2 Å². The lowest BCUT2D eigenvalue weighted by molar-refractivity contribution is -0.142. The molecule has 0 heterocycles. The zero-order valence-electron chi connectivity index (χ0n) is 10.4. The van der Waals surface area contributed by atoms with Crippen molar-refractivity contribution in [3.05, 3.63) is 23.8 Å². The normalized spacial score (nSPS) is 12.3. The van der Waals surface area contributed by atoms with Crippen molar-refractivity contribution in [2.45, 2.75) is 19.6 Å². The van der Waals surface area contributed by atoms with Crippen LogP contribution in [0.4, 0.5) is 8.78 Å². The Labute approximate surface area is 108 Å². The van der Waals surface area contributed by atoms with Crippen molar-refractivity contribution in [2.75, 3.05) is 13.7 Å². The van der Waals surface area contributed by atoms with Gasteiger partial charge in [0, 0.05) is 6.07 Å². The van der Waals surface area contributed by atoms with Crippen LogP contribution in [-0.4, -0.2) is 37.5 Å². The average Bonchev–Trinajstić information content (AvgIpc) is 2.35. The zero-order valence-corrected chi connectivity index (χ0v) is 10.4. The van der Waals surface area contributed by atoms with Crippen LogP contribution in [0.2, 0.25) is 0 Å². The molecule has 0 aromatic heterocycles. The van der Waals surface area contributed by atoms with Gasteiger partial charge in [0.25, 0.3) is 0 Å². The molecule has 1 atom stereocenters. The predicted octanol–water partition coefficient (Wildman–Crippen LogP) is 2.40. The standard InChI is InChI=1S/C12H14F2O5/c1-7(6-18-12(13)14)19-10-4-8(11(15)16)3-9(5-10)17-2/h3-5,7,12H,6H2,1-2H3,(H,15,16)/t7-/m0/s1. The molecule has 0 radical (unpaired) electrons. The van der Waals surface area contributed by atoms with E-state index in [1.54, 1.807) is 0 Å². The van der Waals surface area contributed by atoms with Gasteiger partial charge in [-0.05, 0) is 19.1 Å². The smallest absolute Gasteiger partial charge is 0.345 e. The Balaban J connectivity index is 2.76. The van der Waals surface area contributed by atoms with Gasteiger partial charge >= 0.3 is 12.6 Å². The highest BCUT2D eigenvalue weighted by atomic mass is 19.3. The second kappa shape index (κ2) is 6.89. The Hall–Kier alpha value is -1.89. The van der Waals surface area contributed by atoms with E-state index in [1.807, 2.05) is 0 Å². The quantitative estimate of drug-likeness (QED) is 0.828. The van der Waals surface area contributed by atoms with Gasteiger partial charge < -0.3 is 19.3 Å². The number of hydrogen-bond donors (Lipinski definition) is 1. The molecule has 0 saturated carbocycles. The first kappa shape index (κ1) is 15.2. The van der Waals surface area contributed by atoms with Gasteiger partial charge in [-0.2, -0.15) is 8.78 Å². The van der Waals surface area contributed by atoms with Crippen molar-refractivity contribution in [2.24, 2.45) is 0 Å². The molecule has 0 unspecified atom stereocenters. The molecule has 1 aromatic rings. The van der Waals surface area contributed by atoms with Crippen LogP contribution in [0.1, 0.15) is 17.3 Å². The van der Waals surface area contributed by atoms with E-state index >= 15 is 0 Å². The fourth-order valence-electron chi connectivity index (χ4n) is 1.36. The number of rotatable bonds is 7. The van der Waals surface area contributed by atoms with Crippen LogP contribution in [-0.2, 0) is 4.74 Å². The number of methoxy groups -OCH3 is 1. The minimum Gasteiger partial charge on any atom is -0.497 e. The first-order valence-corrected chi connectivity index (χ1v) is 5.41. The summed E-state index contributed by atoms with van der Waals surface area (Å²) in [6.45, 7) is -1.65. The van der Waals surface area contributed by atoms with Crippen molar-refractivity contribution in [1.82, 2.24) is 0 Å². The van der Waals surface area contributed by atoms with Crippen molar-refractivity contribution in [3.8, 4) is 11.5 Å². The molecular formula is C12H14F2O5. The molecule has 0 aliphatic rings. The molecular weight excluding hydrogens is 262 g/mol. The summed E-state index contributed by atoms with van der Waals surface area (Å²) in [5.41, 5.74) is -0.0173. The molecule has 0 aliphatic heterocycles. The summed E-state index contributed by atoms with van der Waals surface area (Å²) in [4.78, 5) is 10.9. The van der Waals surface area contributed by atoms with Crippen LogP contribution < -0.4 is 9.47 Å². The Morgan fingerprint density at radius 2 is 1.95 bits per heavy atom. The third kappa shape index (κ3) is 5.09. The molecule has 0 bridgehead atoms. The van der Waals surface area contributed by atoms with E-state index in [9.17, 15) is 13.6 Å². The van der Waals surface area contributed by atoms with Gasteiger partial charge in [0.15, 0.2) is 0 Å². The van der Waals surface area contributed by atoms with E-state index in [-0.39, 0.29) is 17.9 Å². The molecule has 19 heavy (non-hydrogen) atoms. The number of hydrogen-bond acceptors (Lipinski definition) is 4. The monoisotopic (exact) mass is 276 g/mol. The van der Waals surface area contributed by atoms with Crippen molar-refractivity contribution < 1.29 is 32.9 Å². The third-order valence-electron chi connectivity index (χ3n) is 2.16. The van der Waals surface area contributed by atoms with Crippen LogP contribution >= 0.6 is 0 Å². The maximum atomic E-state index is 11.8. The fraction of sp³-hybridized carbons (Fsp3) is 0.417. The second-order valence-electron chi connectivity index (χ2n) is 3.72. The number of carboxylic acids is 1. The highest BCUT2D eigenvalue weighted by Crippen LogP contribution is 2.23. The lowest BCUT2D eigenvalue weighted by atomic mass is 10.2. The van der Waals surface area contributed by atoms with E-state index in [0.717, 1.165) is 0 Å². The van der Waals surface area contributed by atoms with Gasteiger partial charge in [-0.3, -0.25) is 0 Å². The average molecular weight is 276 g/mol. The fourth-order valence-corrected chi connectivity index (χ4v) is 1.36. The summed E-state index contributed by atoms with van der Waals surface area (Å²) in [7, 11) is 1.38. The Bertz CT molecular complexity index is 436. The zero-order chi connectivity index (χ0) is 14.4. The molecule has 0 aliphatic carbocycles. The Kier molecular flexibility index (Phi) is 5.50. The molecule has 7 heteroatoms. The van der Waals surface area contributed by atoms with Crippen molar-refractivity contribution in [3.63, 3.8) is 0 Å². The SMILES string of the molecule is COc1cc(O[C@@H](C)COC(F)F)cc(C(=O)O)c1.